The smallest absolute Gasteiger partial charge is 0.416 e. The van der Waals surface area contributed by atoms with Crippen molar-refractivity contribution in [1.82, 2.24) is 0 Å². The quantitative estimate of drug-likeness (QED) is 0.497. The lowest BCUT2D eigenvalue weighted by Gasteiger charge is -2.29. The number of halogens is 3. The lowest BCUT2D eigenvalue weighted by Crippen LogP contribution is -2.42. The molecular weight excluding hydrogens is 331 g/mol. The van der Waals surface area contributed by atoms with Crippen molar-refractivity contribution >= 4 is 17.6 Å². The van der Waals surface area contributed by atoms with Crippen LogP contribution < -0.4 is 5.32 Å². The van der Waals surface area contributed by atoms with E-state index in [-0.39, 0.29) is 5.69 Å². The van der Waals surface area contributed by atoms with Gasteiger partial charge < -0.3 is 19.9 Å². The molecule has 6 nitrogen and oxygen atoms in total. The standard InChI is InChI=1S/C15H14F3NO5/c1-14(2)23-12(21)8(13(22)24-14)6-19-11-5-3-4-10(9(11)7-20)15(16,17)18/h3-6,19-20H,7H2,1-2H3. The highest BCUT2D eigenvalue weighted by Crippen LogP contribution is 2.35. The molecule has 0 atom stereocenters. The first-order chi connectivity index (χ1) is 11.0. The molecule has 24 heavy (non-hydrogen) atoms. The van der Waals surface area contributed by atoms with E-state index < -0.39 is 47.2 Å². The second-order valence-corrected chi connectivity index (χ2v) is 5.37. The zero-order valence-electron chi connectivity index (χ0n) is 12.7. The molecule has 130 valence electrons. The number of cyclic esters (lactones) is 2. The molecule has 9 heteroatoms. The number of alkyl halides is 3. The van der Waals surface area contributed by atoms with Crippen LogP contribution in [0.2, 0.25) is 0 Å². The second kappa shape index (κ2) is 6.16. The van der Waals surface area contributed by atoms with Gasteiger partial charge in [-0.3, -0.25) is 0 Å². The summed E-state index contributed by atoms with van der Waals surface area (Å²) in [6, 6.07) is 3.21. The van der Waals surface area contributed by atoms with Gasteiger partial charge in [-0.25, -0.2) is 9.59 Å². The lowest BCUT2D eigenvalue weighted by molar-refractivity contribution is -0.222. The van der Waals surface area contributed by atoms with Gasteiger partial charge in [0.1, 0.15) is 0 Å². The number of benzene rings is 1. The normalized spacial score (nSPS) is 17.2. The minimum absolute atomic E-state index is 0.106. The fourth-order valence-corrected chi connectivity index (χ4v) is 2.09. The van der Waals surface area contributed by atoms with Crippen molar-refractivity contribution in [2.45, 2.75) is 32.4 Å². The summed E-state index contributed by atoms with van der Waals surface area (Å²) in [4.78, 5) is 23.5. The second-order valence-electron chi connectivity index (χ2n) is 5.37. The number of anilines is 1. The summed E-state index contributed by atoms with van der Waals surface area (Å²) >= 11 is 0. The van der Waals surface area contributed by atoms with E-state index in [1.165, 1.54) is 19.9 Å². The fraction of sp³-hybridized carbons (Fsp3) is 0.333. The van der Waals surface area contributed by atoms with Gasteiger partial charge in [0.25, 0.3) is 5.79 Å². The van der Waals surface area contributed by atoms with Gasteiger partial charge in [0.15, 0.2) is 5.57 Å². The summed E-state index contributed by atoms with van der Waals surface area (Å²) < 4.78 is 48.5. The van der Waals surface area contributed by atoms with Gasteiger partial charge in [0, 0.05) is 31.3 Å². The first kappa shape index (κ1) is 17.8. The maximum atomic E-state index is 12.9. The number of hydrogen-bond acceptors (Lipinski definition) is 6. The van der Waals surface area contributed by atoms with Gasteiger partial charge in [-0.2, -0.15) is 13.2 Å². The number of aliphatic hydroxyl groups is 1. The Hall–Kier alpha value is -2.55. The van der Waals surface area contributed by atoms with E-state index in [2.05, 4.69) is 5.32 Å². The molecule has 0 amide bonds. The molecule has 1 saturated heterocycles. The van der Waals surface area contributed by atoms with Crippen LogP contribution in [0.25, 0.3) is 0 Å². The Morgan fingerprint density at radius 2 is 1.79 bits per heavy atom. The van der Waals surface area contributed by atoms with E-state index in [1.807, 2.05) is 0 Å². The van der Waals surface area contributed by atoms with Gasteiger partial charge in [0.2, 0.25) is 0 Å². The molecular formula is C15H14F3NO5. The van der Waals surface area contributed by atoms with E-state index in [4.69, 9.17) is 9.47 Å². The topological polar surface area (TPSA) is 84.9 Å². The van der Waals surface area contributed by atoms with Crippen LogP contribution in [-0.2, 0) is 31.8 Å². The molecule has 0 radical (unpaired) electrons. The predicted molar refractivity (Wildman–Crippen MR) is 75.3 cm³/mol. The van der Waals surface area contributed by atoms with E-state index in [1.54, 1.807) is 0 Å². The maximum absolute atomic E-state index is 12.9. The predicted octanol–water partition coefficient (Wildman–Crippen LogP) is 2.33. The minimum Gasteiger partial charge on any atom is -0.419 e. The number of carbonyl (C=O) groups excluding carboxylic acids is 2. The summed E-state index contributed by atoms with van der Waals surface area (Å²) in [7, 11) is 0. The number of ether oxygens (including phenoxy) is 2. The number of esters is 2. The van der Waals surface area contributed by atoms with Crippen LogP contribution in [0, 0.1) is 0 Å². The van der Waals surface area contributed by atoms with Crippen LogP contribution >= 0.6 is 0 Å². The summed E-state index contributed by atoms with van der Waals surface area (Å²) in [5, 5.41) is 11.6. The third-order valence-corrected chi connectivity index (χ3v) is 3.13. The zero-order chi connectivity index (χ0) is 18.1. The third kappa shape index (κ3) is 3.67. The van der Waals surface area contributed by atoms with Crippen molar-refractivity contribution in [3.05, 3.63) is 41.1 Å². The molecule has 0 aromatic heterocycles. The van der Waals surface area contributed by atoms with Gasteiger partial charge >= 0.3 is 18.1 Å². The van der Waals surface area contributed by atoms with Crippen molar-refractivity contribution in [3.63, 3.8) is 0 Å². The van der Waals surface area contributed by atoms with Gasteiger partial charge in [0.05, 0.1) is 12.2 Å². The van der Waals surface area contributed by atoms with E-state index in [0.29, 0.717) is 0 Å². The van der Waals surface area contributed by atoms with E-state index in [9.17, 15) is 27.9 Å². The Morgan fingerprint density at radius 3 is 2.29 bits per heavy atom. The first-order valence-corrected chi connectivity index (χ1v) is 6.78. The Morgan fingerprint density at radius 1 is 1.21 bits per heavy atom. The molecule has 0 aliphatic carbocycles. The minimum atomic E-state index is -4.66. The summed E-state index contributed by atoms with van der Waals surface area (Å²) in [5.74, 6) is -3.36. The van der Waals surface area contributed by atoms with Crippen LogP contribution in [0.1, 0.15) is 25.0 Å². The van der Waals surface area contributed by atoms with Crippen LogP contribution in [0.4, 0.5) is 18.9 Å². The molecule has 1 aliphatic rings. The molecule has 1 aromatic carbocycles. The lowest BCUT2D eigenvalue weighted by atomic mass is 10.1. The first-order valence-electron chi connectivity index (χ1n) is 6.78. The van der Waals surface area contributed by atoms with Crippen LogP contribution in [0.15, 0.2) is 30.0 Å². The number of hydrogen-bond donors (Lipinski definition) is 2. The molecule has 1 aliphatic heterocycles. The van der Waals surface area contributed by atoms with Crippen molar-refractivity contribution in [1.29, 1.82) is 0 Å². The Balaban J connectivity index is 2.32. The average Bonchev–Trinajstić information content (AvgIpc) is 2.43. The largest absolute Gasteiger partial charge is 0.419 e. The molecule has 0 spiro atoms. The monoisotopic (exact) mass is 345 g/mol. The third-order valence-electron chi connectivity index (χ3n) is 3.13. The Bertz CT molecular complexity index is 688. The van der Waals surface area contributed by atoms with Crippen molar-refractivity contribution < 1.29 is 37.3 Å². The highest BCUT2D eigenvalue weighted by Gasteiger charge is 2.39. The Kier molecular flexibility index (Phi) is 4.57. The van der Waals surface area contributed by atoms with Crippen molar-refractivity contribution in [2.24, 2.45) is 0 Å². The molecule has 0 saturated carbocycles. The average molecular weight is 345 g/mol. The van der Waals surface area contributed by atoms with Crippen LogP contribution in [-0.4, -0.2) is 22.8 Å². The van der Waals surface area contributed by atoms with Gasteiger partial charge in [-0.05, 0) is 12.1 Å². The fourth-order valence-electron chi connectivity index (χ4n) is 2.09. The number of aliphatic hydroxyl groups excluding tert-OH is 1. The zero-order valence-corrected chi connectivity index (χ0v) is 12.7. The Labute approximate surface area is 134 Å². The molecule has 2 rings (SSSR count). The number of rotatable bonds is 3. The van der Waals surface area contributed by atoms with Crippen molar-refractivity contribution in [3.8, 4) is 0 Å². The maximum Gasteiger partial charge on any atom is 0.416 e. The number of nitrogens with one attached hydrogen (secondary N) is 1. The molecule has 1 aromatic rings. The van der Waals surface area contributed by atoms with Gasteiger partial charge in [-0.1, -0.05) is 6.07 Å². The molecule has 2 N–H and O–H groups in total. The van der Waals surface area contributed by atoms with E-state index >= 15 is 0 Å². The highest BCUT2D eigenvalue weighted by atomic mass is 19.4. The highest BCUT2D eigenvalue weighted by molar-refractivity contribution is 6.15. The SMILES string of the molecule is CC1(C)OC(=O)C(=CNc2cccc(C(F)(F)F)c2CO)C(=O)O1. The summed E-state index contributed by atoms with van der Waals surface area (Å²) in [6.07, 6.45) is -3.77. The van der Waals surface area contributed by atoms with Crippen LogP contribution in [0.5, 0.6) is 0 Å². The molecule has 1 heterocycles. The molecule has 0 bridgehead atoms. The molecule has 1 fully saturated rings. The van der Waals surface area contributed by atoms with Crippen molar-refractivity contribution in [2.75, 3.05) is 5.32 Å². The summed E-state index contributed by atoms with van der Waals surface area (Å²) in [6.45, 7) is 1.84. The van der Waals surface area contributed by atoms with E-state index in [0.717, 1.165) is 18.3 Å². The molecule has 0 unspecified atom stereocenters. The van der Waals surface area contributed by atoms with Gasteiger partial charge in [-0.15, -0.1) is 0 Å². The number of carbonyl (C=O) groups is 2. The summed E-state index contributed by atoms with van der Waals surface area (Å²) in [5.41, 5.74) is -2.05. The van der Waals surface area contributed by atoms with Crippen LogP contribution in [0.3, 0.4) is 0 Å².